The van der Waals surface area contributed by atoms with Gasteiger partial charge in [0.1, 0.15) is 12.4 Å². The van der Waals surface area contributed by atoms with Crippen LogP contribution in [0.2, 0.25) is 0 Å². The normalized spacial score (nSPS) is 20.6. The molecule has 3 amide bonds. The maximum absolute atomic E-state index is 11.4. The van der Waals surface area contributed by atoms with Gasteiger partial charge in [-0.15, -0.1) is 0 Å². The molecule has 2 rings (SSSR count). The van der Waals surface area contributed by atoms with Gasteiger partial charge in [-0.25, -0.2) is 14.8 Å². The summed E-state index contributed by atoms with van der Waals surface area (Å²) in [6, 6.07) is -0.797. The van der Waals surface area contributed by atoms with Gasteiger partial charge in [-0.05, 0) is 6.92 Å². The van der Waals surface area contributed by atoms with Crippen molar-refractivity contribution in [1.29, 1.82) is 0 Å². The Bertz CT molecular complexity index is 392. The Morgan fingerprint density at radius 2 is 2.07 bits per heavy atom. The molecule has 1 atom stereocenters. The molecular weight excluding hydrogens is 196 g/mol. The molecule has 0 spiro atoms. The minimum atomic E-state index is -0.433. The van der Waals surface area contributed by atoms with Gasteiger partial charge in [0, 0.05) is 18.0 Å². The molecule has 1 aromatic rings. The monoisotopic (exact) mass is 206 g/mol. The maximum Gasteiger partial charge on any atom is 0.325 e. The summed E-state index contributed by atoms with van der Waals surface area (Å²) in [5.74, 6) is -0.267. The highest BCUT2D eigenvalue weighted by Crippen LogP contribution is 2.11. The quantitative estimate of drug-likeness (QED) is 0.686. The number of carbonyl (C=O) groups excluding carboxylic acids is 2. The van der Waals surface area contributed by atoms with Crippen LogP contribution in [0.1, 0.15) is 12.5 Å². The van der Waals surface area contributed by atoms with Crippen molar-refractivity contribution >= 4 is 11.9 Å². The van der Waals surface area contributed by atoms with E-state index in [2.05, 4.69) is 15.3 Å². The molecule has 1 aliphatic heterocycles. The van der Waals surface area contributed by atoms with Crippen LogP contribution in [-0.4, -0.2) is 32.8 Å². The van der Waals surface area contributed by atoms with Gasteiger partial charge in [-0.2, -0.15) is 0 Å². The van der Waals surface area contributed by atoms with Crippen LogP contribution in [0, 0.1) is 0 Å². The Morgan fingerprint density at radius 1 is 1.40 bits per heavy atom. The molecule has 6 heteroatoms. The summed E-state index contributed by atoms with van der Waals surface area (Å²) in [4.78, 5) is 31.7. The molecule has 78 valence electrons. The van der Waals surface area contributed by atoms with Crippen molar-refractivity contribution in [2.75, 3.05) is 0 Å². The Kier molecular flexibility index (Phi) is 2.32. The predicted octanol–water partition coefficient (Wildman–Crippen LogP) is -0.0831. The zero-order valence-corrected chi connectivity index (χ0v) is 8.17. The van der Waals surface area contributed by atoms with Gasteiger partial charge in [-0.1, -0.05) is 0 Å². The van der Waals surface area contributed by atoms with Crippen molar-refractivity contribution in [2.24, 2.45) is 0 Å². The van der Waals surface area contributed by atoms with Gasteiger partial charge in [-0.3, -0.25) is 10.1 Å². The molecular formula is C9H10N4O2. The molecule has 1 saturated heterocycles. The smallest absolute Gasteiger partial charge is 0.308 e. The van der Waals surface area contributed by atoms with Crippen molar-refractivity contribution in [2.45, 2.75) is 19.5 Å². The van der Waals surface area contributed by atoms with E-state index in [0.717, 1.165) is 5.56 Å². The van der Waals surface area contributed by atoms with E-state index in [9.17, 15) is 9.59 Å². The zero-order chi connectivity index (χ0) is 10.8. The third kappa shape index (κ3) is 1.78. The third-order valence-electron chi connectivity index (χ3n) is 2.30. The Morgan fingerprint density at radius 3 is 2.60 bits per heavy atom. The average Bonchev–Trinajstić information content (AvgIpc) is 2.47. The molecule has 0 bridgehead atoms. The number of urea groups is 1. The summed E-state index contributed by atoms with van der Waals surface area (Å²) < 4.78 is 0. The van der Waals surface area contributed by atoms with E-state index in [1.165, 1.54) is 11.2 Å². The molecule has 1 fully saturated rings. The average molecular weight is 206 g/mol. The van der Waals surface area contributed by atoms with Crippen molar-refractivity contribution in [1.82, 2.24) is 20.2 Å². The van der Waals surface area contributed by atoms with Crippen LogP contribution >= 0.6 is 0 Å². The summed E-state index contributed by atoms with van der Waals surface area (Å²) in [6.45, 7) is 2.03. The summed E-state index contributed by atoms with van der Waals surface area (Å²) in [5.41, 5.74) is 0.800. The molecule has 1 aliphatic rings. The largest absolute Gasteiger partial charge is 0.325 e. The van der Waals surface area contributed by atoms with E-state index in [4.69, 9.17) is 0 Å². The summed E-state index contributed by atoms with van der Waals surface area (Å²) in [5, 5.41) is 2.24. The molecule has 2 heterocycles. The zero-order valence-electron chi connectivity index (χ0n) is 8.17. The number of rotatable bonds is 2. The fourth-order valence-corrected chi connectivity index (χ4v) is 1.42. The molecule has 0 radical (unpaired) electrons. The highest BCUT2D eigenvalue weighted by atomic mass is 16.2. The molecule has 6 nitrogen and oxygen atoms in total. The lowest BCUT2D eigenvalue weighted by atomic mass is 10.2. The molecule has 0 saturated carbocycles. The first-order valence-electron chi connectivity index (χ1n) is 4.54. The Hall–Kier alpha value is -1.98. The molecule has 1 unspecified atom stereocenters. The van der Waals surface area contributed by atoms with Crippen LogP contribution in [0.15, 0.2) is 18.7 Å². The van der Waals surface area contributed by atoms with Crippen LogP contribution in [0.25, 0.3) is 0 Å². The van der Waals surface area contributed by atoms with Gasteiger partial charge in [0.2, 0.25) is 0 Å². The summed E-state index contributed by atoms with van der Waals surface area (Å²) in [6.07, 6.45) is 4.66. The molecule has 1 aromatic heterocycles. The molecule has 15 heavy (non-hydrogen) atoms. The van der Waals surface area contributed by atoms with Crippen LogP contribution in [0.4, 0.5) is 4.79 Å². The van der Waals surface area contributed by atoms with E-state index in [0.29, 0.717) is 6.54 Å². The first-order chi connectivity index (χ1) is 7.18. The number of hydrogen-bond donors (Lipinski definition) is 1. The maximum atomic E-state index is 11.4. The van der Waals surface area contributed by atoms with Crippen molar-refractivity contribution in [3.05, 3.63) is 24.3 Å². The topological polar surface area (TPSA) is 75.2 Å². The van der Waals surface area contributed by atoms with Crippen LogP contribution < -0.4 is 5.32 Å². The number of aromatic nitrogens is 2. The number of hydrogen-bond acceptors (Lipinski definition) is 4. The Labute approximate surface area is 86.3 Å². The number of nitrogens with zero attached hydrogens (tertiary/aromatic N) is 3. The van der Waals surface area contributed by atoms with Gasteiger partial charge < -0.3 is 4.90 Å². The van der Waals surface area contributed by atoms with Gasteiger partial charge in [0.05, 0.1) is 6.54 Å². The van der Waals surface area contributed by atoms with Gasteiger partial charge in [0.15, 0.2) is 0 Å². The highest BCUT2D eigenvalue weighted by molar-refractivity contribution is 6.03. The Balaban J connectivity index is 2.13. The van der Waals surface area contributed by atoms with Gasteiger partial charge >= 0.3 is 6.03 Å². The van der Waals surface area contributed by atoms with Crippen LogP contribution in [0.5, 0.6) is 0 Å². The number of carbonyl (C=O) groups is 2. The minimum Gasteiger partial charge on any atom is -0.308 e. The lowest BCUT2D eigenvalue weighted by Crippen LogP contribution is -2.32. The summed E-state index contributed by atoms with van der Waals surface area (Å²) in [7, 11) is 0. The minimum absolute atomic E-state index is 0.267. The van der Waals surface area contributed by atoms with E-state index < -0.39 is 6.04 Å². The number of imide groups is 1. The van der Waals surface area contributed by atoms with Crippen molar-refractivity contribution in [3.8, 4) is 0 Å². The second kappa shape index (κ2) is 3.64. The lowest BCUT2D eigenvalue weighted by molar-refractivity contribution is -0.121. The van der Waals surface area contributed by atoms with Crippen molar-refractivity contribution < 1.29 is 9.59 Å². The molecule has 1 N–H and O–H groups in total. The molecule has 0 aromatic carbocycles. The third-order valence-corrected chi connectivity index (χ3v) is 2.30. The highest BCUT2D eigenvalue weighted by Gasteiger charge is 2.34. The number of nitrogens with one attached hydrogen (secondary N) is 1. The van der Waals surface area contributed by atoms with E-state index in [1.54, 1.807) is 19.3 Å². The predicted molar refractivity (Wildman–Crippen MR) is 50.6 cm³/mol. The standard InChI is InChI=1S/C9H10N4O2/c1-6-8(14)12-9(15)13(6)4-7-2-10-5-11-3-7/h2-3,5-6H,4H2,1H3,(H,12,14,15). The second-order valence-electron chi connectivity index (χ2n) is 3.35. The van der Waals surface area contributed by atoms with Crippen LogP contribution in [-0.2, 0) is 11.3 Å². The lowest BCUT2D eigenvalue weighted by Gasteiger charge is -2.17. The first kappa shape index (κ1) is 9.57. The fraction of sp³-hybridized carbons (Fsp3) is 0.333. The van der Waals surface area contributed by atoms with Crippen LogP contribution in [0.3, 0.4) is 0 Å². The fourth-order valence-electron chi connectivity index (χ4n) is 1.42. The van der Waals surface area contributed by atoms with Crippen molar-refractivity contribution in [3.63, 3.8) is 0 Å². The van der Waals surface area contributed by atoms with Gasteiger partial charge in [0.25, 0.3) is 5.91 Å². The van der Waals surface area contributed by atoms with E-state index >= 15 is 0 Å². The number of amides is 3. The first-order valence-corrected chi connectivity index (χ1v) is 4.54. The van der Waals surface area contributed by atoms with E-state index in [-0.39, 0.29) is 11.9 Å². The van der Waals surface area contributed by atoms with E-state index in [1.807, 2.05) is 0 Å². The SMILES string of the molecule is CC1C(=O)NC(=O)N1Cc1cncnc1. The summed E-state index contributed by atoms with van der Waals surface area (Å²) >= 11 is 0. The molecule has 0 aliphatic carbocycles. The second-order valence-corrected chi connectivity index (χ2v) is 3.35.